The third-order valence-electron chi connectivity index (χ3n) is 4.88. The molecule has 1 aliphatic rings. The molecule has 2 heterocycles. The average Bonchev–Trinajstić information content (AvgIpc) is 2.79. The van der Waals surface area contributed by atoms with Gasteiger partial charge in [-0.15, -0.1) is 0 Å². The van der Waals surface area contributed by atoms with Gasteiger partial charge < -0.3 is 16.0 Å². The van der Waals surface area contributed by atoms with Crippen molar-refractivity contribution < 1.29 is 0 Å². The van der Waals surface area contributed by atoms with E-state index in [4.69, 9.17) is 4.98 Å². The van der Waals surface area contributed by atoms with Crippen LogP contribution in [0.4, 0.5) is 11.4 Å². The zero-order valence-corrected chi connectivity index (χ0v) is 16.1. The molecule has 140 valence electrons. The van der Waals surface area contributed by atoms with Crippen molar-refractivity contribution in [1.29, 1.82) is 0 Å². The molecule has 1 aliphatic heterocycles. The molecule has 0 saturated heterocycles. The highest BCUT2D eigenvalue weighted by atomic mass is 15.0. The molecule has 4 heteroatoms. The highest BCUT2D eigenvalue weighted by molar-refractivity contribution is 5.70. The number of hydrogen-bond acceptors (Lipinski definition) is 4. The van der Waals surface area contributed by atoms with Crippen molar-refractivity contribution in [2.75, 3.05) is 24.7 Å². The Morgan fingerprint density at radius 1 is 0.821 bits per heavy atom. The smallest absolute Gasteiger partial charge is 0.0873 e. The van der Waals surface area contributed by atoms with Crippen LogP contribution >= 0.6 is 0 Å². The van der Waals surface area contributed by atoms with Crippen LogP contribution in [0.2, 0.25) is 0 Å². The number of dihydropyridines is 1. The Labute approximate surface area is 166 Å². The lowest BCUT2D eigenvalue weighted by atomic mass is 10.0. The Kier molecular flexibility index (Phi) is 5.11. The lowest BCUT2D eigenvalue weighted by Crippen LogP contribution is -2.21. The Morgan fingerprint density at radius 2 is 1.50 bits per heavy atom. The van der Waals surface area contributed by atoms with Crippen LogP contribution in [0.3, 0.4) is 0 Å². The Balaban J connectivity index is 1.60. The van der Waals surface area contributed by atoms with Crippen LogP contribution in [0.1, 0.15) is 17.3 Å². The minimum absolute atomic E-state index is 0.0330. The van der Waals surface area contributed by atoms with Gasteiger partial charge in [-0.1, -0.05) is 42.5 Å². The summed E-state index contributed by atoms with van der Waals surface area (Å²) in [6.45, 7) is 0. The number of nitrogens with one attached hydrogen (secondary N) is 3. The fraction of sp³-hybridized carbons (Fsp3) is 0.125. The molecule has 28 heavy (non-hydrogen) atoms. The molecule has 4 rings (SSSR count). The molecule has 0 bridgehead atoms. The number of aromatic nitrogens is 1. The standard InChI is InChI=1S/C24H24N4/c1-25-19-9-3-7-17(15-19)21-11-5-13-23(27-21)24-14-6-12-22(28-24)18-8-4-10-20(16-18)26-2/h3-16,23,25-27H,1-2H3. The fourth-order valence-electron chi connectivity index (χ4n) is 3.34. The first-order chi connectivity index (χ1) is 13.8. The number of allylic oxidation sites excluding steroid dienone is 2. The van der Waals surface area contributed by atoms with Crippen molar-refractivity contribution in [2.45, 2.75) is 6.04 Å². The maximum Gasteiger partial charge on any atom is 0.0873 e. The highest BCUT2D eigenvalue weighted by Crippen LogP contribution is 2.27. The van der Waals surface area contributed by atoms with E-state index in [9.17, 15) is 0 Å². The van der Waals surface area contributed by atoms with Gasteiger partial charge in [-0.2, -0.15) is 0 Å². The summed E-state index contributed by atoms with van der Waals surface area (Å²) >= 11 is 0. The van der Waals surface area contributed by atoms with Crippen molar-refractivity contribution in [3.8, 4) is 11.3 Å². The fourth-order valence-corrected chi connectivity index (χ4v) is 3.34. The zero-order chi connectivity index (χ0) is 19.3. The topological polar surface area (TPSA) is 49.0 Å². The minimum Gasteiger partial charge on any atom is -0.388 e. The molecule has 0 fully saturated rings. The summed E-state index contributed by atoms with van der Waals surface area (Å²) in [5.74, 6) is 0. The number of hydrogen-bond donors (Lipinski definition) is 3. The van der Waals surface area contributed by atoms with Gasteiger partial charge in [0.25, 0.3) is 0 Å². The van der Waals surface area contributed by atoms with Gasteiger partial charge in [0, 0.05) is 36.7 Å². The summed E-state index contributed by atoms with van der Waals surface area (Å²) in [5, 5.41) is 9.99. The third-order valence-corrected chi connectivity index (χ3v) is 4.88. The van der Waals surface area contributed by atoms with Gasteiger partial charge in [-0.3, -0.25) is 4.98 Å². The van der Waals surface area contributed by atoms with E-state index in [1.54, 1.807) is 0 Å². The number of rotatable bonds is 5. The second-order valence-electron chi connectivity index (χ2n) is 6.70. The predicted molar refractivity (Wildman–Crippen MR) is 118 cm³/mol. The van der Waals surface area contributed by atoms with Crippen LogP contribution in [0.25, 0.3) is 17.0 Å². The SMILES string of the molecule is CNc1cccc(C2=CC=CC(c3cccc(-c4cccc(NC)c4)n3)N2)c1. The summed E-state index contributed by atoms with van der Waals surface area (Å²) < 4.78 is 0. The molecule has 1 unspecified atom stereocenters. The molecular formula is C24H24N4. The Hall–Kier alpha value is -3.53. The Bertz CT molecular complexity index is 1040. The monoisotopic (exact) mass is 368 g/mol. The van der Waals surface area contributed by atoms with Crippen molar-refractivity contribution in [2.24, 2.45) is 0 Å². The molecule has 0 amide bonds. The molecule has 0 spiro atoms. The molecule has 0 aliphatic carbocycles. The number of anilines is 2. The maximum atomic E-state index is 4.92. The lowest BCUT2D eigenvalue weighted by molar-refractivity contribution is 0.738. The molecule has 0 saturated carbocycles. The molecule has 2 aromatic carbocycles. The molecule has 4 nitrogen and oxygen atoms in total. The molecule has 1 aromatic heterocycles. The van der Waals surface area contributed by atoms with Crippen molar-refractivity contribution >= 4 is 17.1 Å². The highest BCUT2D eigenvalue weighted by Gasteiger charge is 2.15. The van der Waals surface area contributed by atoms with Crippen molar-refractivity contribution in [3.63, 3.8) is 0 Å². The summed E-state index contributed by atoms with van der Waals surface area (Å²) in [6, 6.07) is 22.9. The molecule has 3 N–H and O–H groups in total. The predicted octanol–water partition coefficient (Wildman–Crippen LogP) is 5.07. The van der Waals surface area contributed by atoms with Crippen LogP contribution in [-0.2, 0) is 0 Å². The van der Waals surface area contributed by atoms with Crippen molar-refractivity contribution in [3.05, 3.63) is 96.2 Å². The van der Waals surface area contributed by atoms with E-state index in [-0.39, 0.29) is 6.04 Å². The number of pyridine rings is 1. The molecule has 0 radical (unpaired) electrons. The van der Waals surface area contributed by atoms with E-state index >= 15 is 0 Å². The van der Waals surface area contributed by atoms with E-state index in [0.29, 0.717) is 0 Å². The van der Waals surface area contributed by atoms with E-state index in [2.05, 4.69) is 94.8 Å². The van der Waals surface area contributed by atoms with Crippen LogP contribution in [-0.4, -0.2) is 19.1 Å². The Morgan fingerprint density at radius 3 is 2.25 bits per heavy atom. The van der Waals surface area contributed by atoms with Gasteiger partial charge in [0.2, 0.25) is 0 Å². The minimum atomic E-state index is 0.0330. The summed E-state index contributed by atoms with van der Waals surface area (Å²) in [6.07, 6.45) is 6.34. The van der Waals surface area contributed by atoms with E-state index in [1.807, 2.05) is 20.2 Å². The number of nitrogens with zero attached hydrogens (tertiary/aromatic N) is 1. The van der Waals surface area contributed by atoms with Crippen LogP contribution < -0.4 is 16.0 Å². The van der Waals surface area contributed by atoms with Gasteiger partial charge in [-0.25, -0.2) is 0 Å². The maximum absolute atomic E-state index is 4.92. The van der Waals surface area contributed by atoms with Crippen LogP contribution in [0.5, 0.6) is 0 Å². The van der Waals surface area contributed by atoms with Gasteiger partial charge in [-0.05, 0) is 48.0 Å². The quantitative estimate of drug-likeness (QED) is 0.588. The van der Waals surface area contributed by atoms with Gasteiger partial charge in [0.1, 0.15) is 0 Å². The second-order valence-corrected chi connectivity index (χ2v) is 6.70. The first-order valence-electron chi connectivity index (χ1n) is 9.45. The first-order valence-corrected chi connectivity index (χ1v) is 9.45. The second kappa shape index (κ2) is 8.01. The summed E-state index contributed by atoms with van der Waals surface area (Å²) in [7, 11) is 3.86. The largest absolute Gasteiger partial charge is 0.388 e. The van der Waals surface area contributed by atoms with Crippen molar-refractivity contribution in [1.82, 2.24) is 10.3 Å². The van der Waals surface area contributed by atoms with E-state index in [1.165, 1.54) is 0 Å². The molecule has 3 aromatic rings. The van der Waals surface area contributed by atoms with E-state index < -0.39 is 0 Å². The molecular weight excluding hydrogens is 344 g/mol. The average molecular weight is 368 g/mol. The lowest BCUT2D eigenvalue weighted by Gasteiger charge is -2.22. The van der Waals surface area contributed by atoms with Crippen LogP contribution in [0, 0.1) is 0 Å². The zero-order valence-electron chi connectivity index (χ0n) is 16.1. The van der Waals surface area contributed by atoms with Crippen LogP contribution in [0.15, 0.2) is 85.0 Å². The van der Waals surface area contributed by atoms with Gasteiger partial charge in [0.05, 0.1) is 17.4 Å². The normalized spacial score (nSPS) is 15.5. The summed E-state index contributed by atoms with van der Waals surface area (Å²) in [4.78, 5) is 4.92. The van der Waals surface area contributed by atoms with Gasteiger partial charge in [0.15, 0.2) is 0 Å². The first kappa shape index (κ1) is 17.9. The third kappa shape index (κ3) is 3.76. The summed E-state index contributed by atoms with van der Waals surface area (Å²) in [5.41, 5.74) is 7.49. The van der Waals surface area contributed by atoms with E-state index in [0.717, 1.165) is 39.6 Å². The molecule has 1 atom stereocenters. The number of benzene rings is 2. The van der Waals surface area contributed by atoms with Gasteiger partial charge >= 0.3 is 0 Å².